The monoisotopic (exact) mass is 263 g/mol. The molecule has 2 N–H and O–H groups in total. The smallest absolute Gasteiger partial charge is 0.246 e. The van der Waals surface area contributed by atoms with Crippen molar-refractivity contribution < 1.29 is 9.53 Å². The Labute approximate surface area is 113 Å². The Morgan fingerprint density at radius 3 is 2.89 bits per heavy atom. The van der Waals surface area contributed by atoms with Crippen molar-refractivity contribution in [2.24, 2.45) is 0 Å². The lowest BCUT2D eigenvalue weighted by Crippen LogP contribution is -2.23. The second-order valence-electron chi connectivity index (χ2n) is 4.97. The summed E-state index contributed by atoms with van der Waals surface area (Å²) >= 11 is 0. The van der Waals surface area contributed by atoms with Gasteiger partial charge in [0, 0.05) is 23.9 Å². The summed E-state index contributed by atoms with van der Waals surface area (Å²) in [5, 5.41) is 5.85. The highest BCUT2D eigenvalue weighted by Gasteiger charge is 2.29. The Bertz CT molecular complexity index is 460. The van der Waals surface area contributed by atoms with E-state index in [0.29, 0.717) is 6.61 Å². The van der Waals surface area contributed by atoms with Crippen molar-refractivity contribution in [1.29, 1.82) is 0 Å². The third kappa shape index (κ3) is 3.24. The highest BCUT2D eigenvalue weighted by atomic mass is 16.5. The summed E-state index contributed by atoms with van der Waals surface area (Å²) in [6.07, 6.45) is 0.982. The number of likely N-dealkylation sites (N-methyl/N-ethyl adjacent to an activating group) is 1. The van der Waals surface area contributed by atoms with Gasteiger partial charge in [-0.05, 0) is 33.6 Å². The van der Waals surface area contributed by atoms with E-state index < -0.39 is 0 Å². The quantitative estimate of drug-likeness (QED) is 0.758. The zero-order valence-electron chi connectivity index (χ0n) is 11.7. The van der Waals surface area contributed by atoms with Crippen LogP contribution in [0, 0.1) is 0 Å². The van der Waals surface area contributed by atoms with Crippen LogP contribution < -0.4 is 15.4 Å². The average Bonchev–Trinajstić information content (AvgIpc) is 2.68. The zero-order valence-corrected chi connectivity index (χ0v) is 11.7. The van der Waals surface area contributed by atoms with Gasteiger partial charge in [0.25, 0.3) is 0 Å². The molecule has 2 rings (SSSR count). The van der Waals surface area contributed by atoms with E-state index in [1.165, 1.54) is 0 Å². The molecule has 0 fully saturated rings. The van der Waals surface area contributed by atoms with Gasteiger partial charge in [-0.25, -0.2) is 0 Å². The fourth-order valence-corrected chi connectivity index (χ4v) is 2.19. The Hall–Kier alpha value is -1.59. The first kappa shape index (κ1) is 13.8. The molecule has 1 amide bonds. The number of amides is 1. The molecule has 104 valence electrons. The third-order valence-electron chi connectivity index (χ3n) is 3.16. The summed E-state index contributed by atoms with van der Waals surface area (Å²) in [5.41, 5.74) is 1.82. The molecule has 1 heterocycles. The van der Waals surface area contributed by atoms with Crippen LogP contribution in [0.4, 0.5) is 5.69 Å². The minimum absolute atomic E-state index is 0.0118. The van der Waals surface area contributed by atoms with Gasteiger partial charge in [-0.15, -0.1) is 0 Å². The van der Waals surface area contributed by atoms with Crippen LogP contribution in [-0.2, 0) is 4.79 Å². The number of anilines is 1. The summed E-state index contributed by atoms with van der Waals surface area (Å²) in [7, 11) is 5.87. The predicted molar refractivity (Wildman–Crippen MR) is 75.5 cm³/mol. The van der Waals surface area contributed by atoms with E-state index in [2.05, 4.69) is 15.5 Å². The van der Waals surface area contributed by atoms with Crippen molar-refractivity contribution in [3.05, 3.63) is 23.8 Å². The molecule has 1 atom stereocenters. The van der Waals surface area contributed by atoms with Crippen molar-refractivity contribution in [3.8, 4) is 5.75 Å². The predicted octanol–water partition coefficient (Wildman–Crippen LogP) is 1.23. The SMILES string of the molecule is CNC1C(=O)Nc2cc(OCCCN(C)C)ccc21. The van der Waals surface area contributed by atoms with Gasteiger partial charge in [-0.1, -0.05) is 6.07 Å². The topological polar surface area (TPSA) is 53.6 Å². The van der Waals surface area contributed by atoms with E-state index in [4.69, 9.17) is 4.74 Å². The molecular formula is C14H21N3O2. The first-order chi connectivity index (χ1) is 9.11. The van der Waals surface area contributed by atoms with Crippen LogP contribution in [0.5, 0.6) is 5.75 Å². The molecule has 5 heteroatoms. The largest absolute Gasteiger partial charge is 0.493 e. The lowest BCUT2D eigenvalue weighted by Gasteiger charge is -2.11. The van der Waals surface area contributed by atoms with Crippen molar-refractivity contribution >= 4 is 11.6 Å². The molecule has 1 aromatic carbocycles. The maximum absolute atomic E-state index is 11.7. The van der Waals surface area contributed by atoms with Gasteiger partial charge in [0.2, 0.25) is 5.91 Å². The van der Waals surface area contributed by atoms with Crippen LogP contribution in [0.25, 0.3) is 0 Å². The number of carbonyl (C=O) groups is 1. The minimum Gasteiger partial charge on any atom is -0.493 e. The van der Waals surface area contributed by atoms with Gasteiger partial charge in [-0.3, -0.25) is 4.79 Å². The molecule has 5 nitrogen and oxygen atoms in total. The number of rotatable bonds is 6. The number of benzene rings is 1. The molecule has 0 bridgehead atoms. The number of nitrogens with zero attached hydrogens (tertiary/aromatic N) is 1. The molecule has 0 saturated carbocycles. The lowest BCUT2D eigenvalue weighted by molar-refractivity contribution is -0.117. The molecule has 1 aromatic rings. The second kappa shape index (κ2) is 6.04. The van der Waals surface area contributed by atoms with Crippen LogP contribution in [0.2, 0.25) is 0 Å². The van der Waals surface area contributed by atoms with Gasteiger partial charge >= 0.3 is 0 Å². The zero-order chi connectivity index (χ0) is 13.8. The van der Waals surface area contributed by atoms with Crippen LogP contribution in [0.1, 0.15) is 18.0 Å². The maximum Gasteiger partial charge on any atom is 0.246 e. The van der Waals surface area contributed by atoms with Crippen molar-refractivity contribution in [2.75, 3.05) is 39.6 Å². The maximum atomic E-state index is 11.7. The summed E-state index contributed by atoms with van der Waals surface area (Å²) < 4.78 is 5.69. The molecule has 0 aromatic heterocycles. The van der Waals surface area contributed by atoms with E-state index in [-0.39, 0.29) is 11.9 Å². The summed E-state index contributed by atoms with van der Waals surface area (Å²) in [5.74, 6) is 0.789. The van der Waals surface area contributed by atoms with Crippen LogP contribution in [0.15, 0.2) is 18.2 Å². The Morgan fingerprint density at radius 2 is 2.21 bits per heavy atom. The molecule has 1 aliphatic rings. The Kier molecular flexibility index (Phi) is 4.39. The van der Waals surface area contributed by atoms with E-state index in [1.54, 1.807) is 7.05 Å². The molecular weight excluding hydrogens is 242 g/mol. The van der Waals surface area contributed by atoms with Crippen molar-refractivity contribution in [2.45, 2.75) is 12.5 Å². The molecule has 0 saturated heterocycles. The van der Waals surface area contributed by atoms with E-state index in [1.807, 2.05) is 32.3 Å². The molecule has 1 aliphatic heterocycles. The van der Waals surface area contributed by atoms with Crippen LogP contribution >= 0.6 is 0 Å². The summed E-state index contributed by atoms with van der Waals surface area (Å²) in [6, 6.07) is 5.49. The van der Waals surface area contributed by atoms with E-state index in [9.17, 15) is 4.79 Å². The van der Waals surface area contributed by atoms with Crippen LogP contribution in [0.3, 0.4) is 0 Å². The van der Waals surface area contributed by atoms with Gasteiger partial charge in [0.1, 0.15) is 11.8 Å². The molecule has 1 unspecified atom stereocenters. The van der Waals surface area contributed by atoms with Crippen LogP contribution in [-0.4, -0.2) is 45.1 Å². The standard InChI is InChI=1S/C14H21N3O2/c1-15-13-11-6-5-10(9-12(11)16-14(13)18)19-8-4-7-17(2)3/h5-6,9,13,15H,4,7-8H2,1-3H3,(H,16,18). The number of fused-ring (bicyclic) bond motifs is 1. The first-order valence-corrected chi connectivity index (χ1v) is 6.51. The van der Waals surface area contributed by atoms with Crippen molar-refractivity contribution in [3.63, 3.8) is 0 Å². The number of ether oxygens (including phenoxy) is 1. The van der Waals surface area contributed by atoms with Gasteiger partial charge < -0.3 is 20.3 Å². The fourth-order valence-electron chi connectivity index (χ4n) is 2.19. The van der Waals surface area contributed by atoms with Gasteiger partial charge in [0.05, 0.1) is 6.61 Å². The lowest BCUT2D eigenvalue weighted by atomic mass is 10.1. The second-order valence-corrected chi connectivity index (χ2v) is 4.97. The highest BCUT2D eigenvalue weighted by Crippen LogP contribution is 2.33. The Balaban J connectivity index is 1.95. The van der Waals surface area contributed by atoms with Crippen molar-refractivity contribution in [1.82, 2.24) is 10.2 Å². The number of hydrogen-bond acceptors (Lipinski definition) is 4. The average molecular weight is 263 g/mol. The first-order valence-electron chi connectivity index (χ1n) is 6.51. The highest BCUT2D eigenvalue weighted by molar-refractivity contribution is 6.02. The minimum atomic E-state index is -0.252. The number of carbonyl (C=O) groups excluding carboxylic acids is 1. The molecule has 0 aliphatic carbocycles. The molecule has 0 spiro atoms. The van der Waals surface area contributed by atoms with Gasteiger partial charge in [0.15, 0.2) is 0 Å². The number of nitrogens with one attached hydrogen (secondary N) is 2. The normalized spacial score (nSPS) is 17.5. The van der Waals surface area contributed by atoms with E-state index in [0.717, 1.165) is 30.0 Å². The summed E-state index contributed by atoms with van der Waals surface area (Å²) in [4.78, 5) is 13.8. The third-order valence-corrected chi connectivity index (χ3v) is 3.16. The summed E-state index contributed by atoms with van der Waals surface area (Å²) in [6.45, 7) is 1.68. The molecule has 19 heavy (non-hydrogen) atoms. The number of hydrogen-bond donors (Lipinski definition) is 2. The van der Waals surface area contributed by atoms with Gasteiger partial charge in [-0.2, -0.15) is 0 Å². The molecule has 0 radical (unpaired) electrons. The Morgan fingerprint density at radius 1 is 1.42 bits per heavy atom. The fraction of sp³-hybridized carbons (Fsp3) is 0.500. The van der Waals surface area contributed by atoms with E-state index >= 15 is 0 Å².